The predicted molar refractivity (Wildman–Crippen MR) is 245 cm³/mol. The van der Waals surface area contributed by atoms with Gasteiger partial charge in [0.15, 0.2) is 29.8 Å². The highest BCUT2D eigenvalue weighted by Gasteiger charge is 2.55. The number of benzene rings is 4. The van der Waals surface area contributed by atoms with E-state index >= 15 is 0 Å². The summed E-state index contributed by atoms with van der Waals surface area (Å²) >= 11 is 19.1. The molecule has 6 atom stereocenters. The number of carbonyl (C=O) groups excluding carboxylic acids is 2. The molecule has 4 aromatic carbocycles. The minimum atomic E-state index is -1.88. The molecule has 4 heterocycles. The Morgan fingerprint density at radius 2 is 1.72 bits per heavy atom. The molecular formula is C47H47Cl3N4O10S. The van der Waals surface area contributed by atoms with E-state index in [0.29, 0.717) is 51.9 Å². The zero-order valence-corrected chi connectivity index (χ0v) is 39.0. The monoisotopic (exact) mass is 964 g/mol. The number of ether oxygens (including phenoxy) is 7. The Morgan fingerprint density at radius 3 is 2.40 bits per heavy atom. The molecule has 1 aliphatic carbocycles. The van der Waals surface area contributed by atoms with E-state index in [4.69, 9.17) is 68.0 Å². The van der Waals surface area contributed by atoms with Gasteiger partial charge >= 0.3 is 12.1 Å². The van der Waals surface area contributed by atoms with Gasteiger partial charge in [-0.15, -0.1) is 0 Å². The maximum Gasteiger partial charge on any atom is 0.408 e. The van der Waals surface area contributed by atoms with Crippen LogP contribution in [0.2, 0.25) is 0 Å². The summed E-state index contributed by atoms with van der Waals surface area (Å²) in [6, 6.07) is 17.1. The lowest BCUT2D eigenvalue weighted by molar-refractivity contribution is -0.149. The van der Waals surface area contributed by atoms with Crippen LogP contribution in [0.4, 0.5) is 4.79 Å². The zero-order valence-electron chi connectivity index (χ0n) is 36.0. The Hall–Kier alpha value is -4.79. The summed E-state index contributed by atoms with van der Waals surface area (Å²) in [7, 11) is 3.13. The van der Waals surface area contributed by atoms with E-state index in [1.807, 2.05) is 31.2 Å². The van der Waals surface area contributed by atoms with Crippen molar-refractivity contribution in [1.82, 2.24) is 15.5 Å². The van der Waals surface area contributed by atoms with Crippen LogP contribution in [0.3, 0.4) is 0 Å². The summed E-state index contributed by atoms with van der Waals surface area (Å²) in [5.74, 6) is 1.88. The van der Waals surface area contributed by atoms with E-state index in [0.717, 1.165) is 27.8 Å². The predicted octanol–water partition coefficient (Wildman–Crippen LogP) is 7.71. The number of nitrogens with one attached hydrogen (secondary N) is 2. The van der Waals surface area contributed by atoms with Gasteiger partial charge in [-0.25, -0.2) is 9.59 Å². The van der Waals surface area contributed by atoms with Crippen molar-refractivity contribution in [3.8, 4) is 45.9 Å². The second-order valence-corrected chi connectivity index (χ2v) is 20.2. The largest absolute Gasteiger partial charge is 0.507 e. The number of nitrogens with zero attached hydrogens (tertiary/aromatic N) is 2. The second kappa shape index (κ2) is 18.5. The van der Waals surface area contributed by atoms with E-state index in [2.05, 4.69) is 51.9 Å². The number of esters is 1. The first-order chi connectivity index (χ1) is 31.3. The van der Waals surface area contributed by atoms with Crippen molar-refractivity contribution in [3.63, 3.8) is 0 Å². The van der Waals surface area contributed by atoms with E-state index < -0.39 is 52.7 Å². The van der Waals surface area contributed by atoms with Crippen molar-refractivity contribution >= 4 is 58.6 Å². The molecule has 9 rings (SSSR count). The molecule has 0 aromatic heterocycles. The molecular weight excluding hydrogens is 919 g/mol. The number of amides is 1. The first kappa shape index (κ1) is 45.4. The smallest absolute Gasteiger partial charge is 0.408 e. The van der Waals surface area contributed by atoms with E-state index in [1.165, 1.54) is 22.9 Å². The molecule has 4 aliphatic heterocycles. The number of alkyl halides is 3. The number of alkyl carbamates (subject to hydrolysis) is 1. The van der Waals surface area contributed by atoms with Crippen LogP contribution in [0.15, 0.2) is 54.6 Å². The van der Waals surface area contributed by atoms with E-state index in [1.54, 1.807) is 21.1 Å². The average molecular weight is 966 g/mol. The minimum absolute atomic E-state index is 0.0203. The number of halogens is 3. The number of carbonyl (C=O) groups is 2. The summed E-state index contributed by atoms with van der Waals surface area (Å²) < 4.78 is 39.1. The van der Waals surface area contributed by atoms with Crippen LogP contribution in [0, 0.1) is 25.2 Å². The summed E-state index contributed by atoms with van der Waals surface area (Å²) in [5, 5.41) is 29.4. The highest BCUT2D eigenvalue weighted by molar-refractivity contribution is 7.99. The third-order valence-electron chi connectivity index (χ3n) is 12.9. The standard InChI is InChI=1S/C47H47Cl3N4O10S/c1-23-13-25-14-32-35(16-51)54-34(39(52-32)37(25)43(41(23)59-4)62-21-58-3)15-30-38(44-42(63-22-64-44)24(2)40(30)55)36(54)17-60-45(56)33(53-46(57)61-20-47(48,49)50)19-65-18-31-28-11-7-5-9-26(28)27-10-6-8-12-29(27)31/h5-13,31-36,39,52,55H,14-15,17-22H2,1-4H3,(H,53,57)/t32-,33-,34?,35+,36+,39-/m1/s1. The Labute approximate surface area is 395 Å². The number of thioether (sulfide) groups is 1. The van der Waals surface area contributed by atoms with Crippen LogP contribution in [0.25, 0.3) is 11.1 Å². The van der Waals surface area contributed by atoms with Gasteiger partial charge in [0.25, 0.3) is 0 Å². The number of aryl methyl sites for hydroxylation is 1. The van der Waals surface area contributed by atoms with Crippen LogP contribution in [0.1, 0.15) is 62.5 Å². The maximum atomic E-state index is 14.5. The fourth-order valence-electron chi connectivity index (χ4n) is 10.3. The fraction of sp³-hybridized carbons (Fsp3) is 0.426. The topological polar surface area (TPSA) is 170 Å². The molecule has 1 amide bonds. The number of hydrogen-bond donors (Lipinski definition) is 3. The number of rotatable bonds is 13. The molecule has 5 aliphatic rings. The molecule has 1 fully saturated rings. The number of piperazine rings is 1. The summed E-state index contributed by atoms with van der Waals surface area (Å²) in [4.78, 5) is 29.8. The number of nitriles is 1. The van der Waals surface area contributed by atoms with Gasteiger partial charge in [0.2, 0.25) is 10.6 Å². The van der Waals surface area contributed by atoms with Gasteiger partial charge in [-0.3, -0.25) is 4.90 Å². The molecule has 18 heteroatoms. The lowest BCUT2D eigenvalue weighted by atomic mass is 9.72. The van der Waals surface area contributed by atoms with Gasteiger partial charge in [-0.1, -0.05) is 89.4 Å². The summed E-state index contributed by atoms with van der Waals surface area (Å²) in [6.07, 6.45) is -0.209. The Balaban J connectivity index is 1.05. The number of hydrogen-bond acceptors (Lipinski definition) is 14. The highest BCUT2D eigenvalue weighted by atomic mass is 35.6. The van der Waals surface area contributed by atoms with Crippen LogP contribution in [0.5, 0.6) is 28.7 Å². The van der Waals surface area contributed by atoms with Gasteiger partial charge < -0.3 is 48.9 Å². The van der Waals surface area contributed by atoms with Crippen molar-refractivity contribution in [2.75, 3.05) is 52.5 Å². The van der Waals surface area contributed by atoms with Crippen molar-refractivity contribution in [2.24, 2.45) is 0 Å². The SMILES string of the molecule is COCOc1c(OC)c(C)cc2c1[C@@H]1N[C@H](C2)[C@H](C#N)N2C1Cc1c(O)c(C)c3c(c1[C@@H]2COC(=O)[C@@H](CSCC1c2ccccc2-c2ccccc21)NC(=O)OCC(Cl)(Cl)Cl)OCO3. The van der Waals surface area contributed by atoms with Crippen molar-refractivity contribution in [2.45, 2.75) is 72.7 Å². The summed E-state index contributed by atoms with van der Waals surface area (Å²) in [6.45, 7) is 2.75. The zero-order chi connectivity index (χ0) is 45.7. The quantitative estimate of drug-likeness (QED) is 0.0677. The maximum absolute atomic E-state index is 14.5. The molecule has 14 nitrogen and oxygen atoms in total. The first-order valence-corrected chi connectivity index (χ1v) is 23.4. The second-order valence-electron chi connectivity index (χ2n) is 16.7. The van der Waals surface area contributed by atoms with Gasteiger partial charge in [0.1, 0.15) is 31.0 Å². The van der Waals surface area contributed by atoms with Crippen molar-refractivity contribution < 1.29 is 47.9 Å². The minimum Gasteiger partial charge on any atom is -0.507 e. The molecule has 65 heavy (non-hydrogen) atoms. The number of aromatic hydroxyl groups is 1. The van der Waals surface area contributed by atoms with Gasteiger partial charge in [-0.2, -0.15) is 17.0 Å². The van der Waals surface area contributed by atoms with Gasteiger partial charge in [0, 0.05) is 58.9 Å². The summed E-state index contributed by atoms with van der Waals surface area (Å²) in [5.41, 5.74) is 9.05. The molecule has 0 spiro atoms. The lowest BCUT2D eigenvalue weighted by Crippen LogP contribution is -2.68. The van der Waals surface area contributed by atoms with E-state index in [9.17, 15) is 20.0 Å². The normalized spacial score (nSPS) is 21.7. The van der Waals surface area contributed by atoms with Crippen LogP contribution >= 0.6 is 46.6 Å². The molecule has 0 radical (unpaired) electrons. The Kier molecular flexibility index (Phi) is 12.9. The third-order valence-corrected chi connectivity index (χ3v) is 14.4. The lowest BCUT2D eigenvalue weighted by Gasteiger charge is -2.56. The molecule has 342 valence electrons. The molecule has 1 saturated heterocycles. The van der Waals surface area contributed by atoms with Gasteiger partial charge in [-0.05, 0) is 60.1 Å². The van der Waals surface area contributed by atoms with Crippen LogP contribution in [-0.2, 0) is 31.8 Å². The number of fused-ring (bicyclic) bond motifs is 12. The first-order valence-electron chi connectivity index (χ1n) is 21.1. The molecule has 2 bridgehead atoms. The number of phenols is 1. The number of methoxy groups -OCH3 is 2. The third kappa shape index (κ3) is 8.36. The molecule has 0 saturated carbocycles. The average Bonchev–Trinajstić information content (AvgIpc) is 3.91. The van der Waals surface area contributed by atoms with Gasteiger partial charge in [0.05, 0.1) is 25.3 Å². The van der Waals surface area contributed by atoms with E-state index in [-0.39, 0.29) is 50.1 Å². The Morgan fingerprint density at radius 1 is 1.02 bits per heavy atom. The fourth-order valence-corrected chi connectivity index (χ4v) is 11.7. The molecule has 1 unspecified atom stereocenters. The molecule has 4 aromatic rings. The van der Waals surface area contributed by atoms with Crippen molar-refractivity contribution in [3.05, 3.63) is 99.1 Å². The van der Waals surface area contributed by atoms with Crippen LogP contribution < -0.4 is 29.6 Å². The highest BCUT2D eigenvalue weighted by Crippen LogP contribution is 2.57. The van der Waals surface area contributed by atoms with Crippen LogP contribution in [-0.4, -0.2) is 103 Å². The number of phenolic OH excluding ortho intramolecular Hbond substituents is 1. The van der Waals surface area contributed by atoms with Crippen molar-refractivity contribution in [1.29, 1.82) is 5.26 Å². The Bertz CT molecular complexity index is 2530. The molecule has 3 N–H and O–H groups in total.